The molecule has 0 atom stereocenters. The van der Waals surface area contributed by atoms with Crippen LogP contribution in [0.15, 0.2) is 6.33 Å². The minimum atomic E-state index is -1.51. The number of nitrogens with one attached hydrogen (secondary N) is 2. The van der Waals surface area contributed by atoms with Crippen molar-refractivity contribution in [3.8, 4) is 0 Å². The molecular formula is C11H19N5O5. The van der Waals surface area contributed by atoms with Gasteiger partial charge in [-0.3, -0.25) is 10.1 Å². The van der Waals surface area contributed by atoms with Crippen molar-refractivity contribution >= 4 is 17.3 Å². The SMILES string of the molecule is CCCNc1ncnc(NC(CO)(CO)CO)c1[N+](=O)[O-]. The summed E-state index contributed by atoms with van der Waals surface area (Å²) in [6.45, 7) is 0.507. The van der Waals surface area contributed by atoms with Crippen LogP contribution in [0.3, 0.4) is 0 Å². The fourth-order valence-electron chi connectivity index (χ4n) is 1.54. The molecule has 0 amide bonds. The first kappa shape index (κ1) is 17.0. The highest BCUT2D eigenvalue weighted by Gasteiger charge is 2.33. The molecule has 10 heteroatoms. The van der Waals surface area contributed by atoms with Gasteiger partial charge in [-0.05, 0) is 6.42 Å². The number of hydrogen-bond acceptors (Lipinski definition) is 9. The van der Waals surface area contributed by atoms with Gasteiger partial charge in [0.15, 0.2) is 0 Å². The van der Waals surface area contributed by atoms with E-state index in [9.17, 15) is 25.4 Å². The average Bonchev–Trinajstić information content (AvgIpc) is 2.50. The zero-order valence-corrected chi connectivity index (χ0v) is 11.6. The highest BCUT2D eigenvalue weighted by Crippen LogP contribution is 2.30. The van der Waals surface area contributed by atoms with Crippen molar-refractivity contribution in [3.05, 3.63) is 16.4 Å². The molecule has 0 spiro atoms. The van der Waals surface area contributed by atoms with Gasteiger partial charge in [0, 0.05) is 6.54 Å². The van der Waals surface area contributed by atoms with Crippen LogP contribution in [0.5, 0.6) is 0 Å². The van der Waals surface area contributed by atoms with Crippen molar-refractivity contribution in [2.45, 2.75) is 18.9 Å². The van der Waals surface area contributed by atoms with Crippen LogP contribution >= 0.6 is 0 Å². The highest BCUT2D eigenvalue weighted by molar-refractivity contribution is 5.69. The maximum Gasteiger partial charge on any atom is 0.353 e. The van der Waals surface area contributed by atoms with Gasteiger partial charge in [-0.25, -0.2) is 9.97 Å². The molecule has 0 aliphatic carbocycles. The van der Waals surface area contributed by atoms with E-state index in [1.54, 1.807) is 0 Å². The number of aliphatic hydroxyl groups excluding tert-OH is 3. The molecule has 1 heterocycles. The molecule has 0 bridgehead atoms. The molecule has 1 aromatic rings. The summed E-state index contributed by atoms with van der Waals surface area (Å²) < 4.78 is 0. The lowest BCUT2D eigenvalue weighted by Gasteiger charge is -2.29. The topological polar surface area (TPSA) is 154 Å². The average molecular weight is 301 g/mol. The minimum Gasteiger partial charge on any atom is -0.394 e. The Labute approximate surface area is 121 Å². The van der Waals surface area contributed by atoms with Crippen LogP contribution in [0.25, 0.3) is 0 Å². The Balaban J connectivity index is 3.19. The maximum atomic E-state index is 11.2. The second kappa shape index (κ2) is 7.67. The van der Waals surface area contributed by atoms with Crippen molar-refractivity contribution in [2.75, 3.05) is 37.0 Å². The van der Waals surface area contributed by atoms with Crippen LogP contribution in [0, 0.1) is 10.1 Å². The predicted molar refractivity (Wildman–Crippen MR) is 75.1 cm³/mol. The van der Waals surface area contributed by atoms with Gasteiger partial charge < -0.3 is 26.0 Å². The van der Waals surface area contributed by atoms with Gasteiger partial charge in [-0.15, -0.1) is 0 Å². The standard InChI is InChI=1S/C11H19N5O5/c1-2-3-12-9-8(16(20)21)10(14-7-13-9)15-11(4-17,5-18)6-19/h7,17-19H,2-6H2,1H3,(H2,12,13,14,15). The van der Waals surface area contributed by atoms with Crippen molar-refractivity contribution in [2.24, 2.45) is 0 Å². The van der Waals surface area contributed by atoms with Gasteiger partial charge in [0.1, 0.15) is 11.9 Å². The number of anilines is 2. The number of aromatic nitrogens is 2. The summed E-state index contributed by atoms with van der Waals surface area (Å²) in [5.41, 5.74) is -1.92. The minimum absolute atomic E-state index is 0.0297. The molecule has 0 fully saturated rings. The summed E-state index contributed by atoms with van der Waals surface area (Å²) in [4.78, 5) is 18.1. The molecule has 21 heavy (non-hydrogen) atoms. The third kappa shape index (κ3) is 3.97. The number of nitro groups is 1. The van der Waals surface area contributed by atoms with E-state index in [4.69, 9.17) is 0 Å². The number of nitrogens with zero attached hydrogens (tertiary/aromatic N) is 3. The molecule has 0 unspecified atom stereocenters. The fourth-order valence-corrected chi connectivity index (χ4v) is 1.54. The molecule has 0 saturated heterocycles. The zero-order chi connectivity index (χ0) is 15.9. The van der Waals surface area contributed by atoms with Gasteiger partial charge in [0.25, 0.3) is 0 Å². The van der Waals surface area contributed by atoms with E-state index in [1.807, 2.05) is 6.92 Å². The quantitative estimate of drug-likeness (QED) is 0.295. The Morgan fingerprint density at radius 1 is 1.24 bits per heavy atom. The van der Waals surface area contributed by atoms with E-state index >= 15 is 0 Å². The fraction of sp³-hybridized carbons (Fsp3) is 0.636. The molecule has 10 nitrogen and oxygen atoms in total. The first-order valence-electron chi connectivity index (χ1n) is 6.37. The lowest BCUT2D eigenvalue weighted by molar-refractivity contribution is -0.383. The van der Waals surface area contributed by atoms with Crippen LogP contribution < -0.4 is 10.6 Å². The van der Waals surface area contributed by atoms with Gasteiger partial charge in [0.05, 0.1) is 24.7 Å². The summed E-state index contributed by atoms with van der Waals surface area (Å²) in [7, 11) is 0. The summed E-state index contributed by atoms with van der Waals surface area (Å²) >= 11 is 0. The van der Waals surface area contributed by atoms with E-state index in [-0.39, 0.29) is 11.6 Å². The Morgan fingerprint density at radius 2 is 1.81 bits per heavy atom. The zero-order valence-electron chi connectivity index (χ0n) is 11.6. The summed E-state index contributed by atoms with van der Waals surface area (Å²) in [5.74, 6) is -0.159. The lowest BCUT2D eigenvalue weighted by atomic mass is 10.0. The molecule has 118 valence electrons. The van der Waals surface area contributed by atoms with E-state index in [1.165, 1.54) is 0 Å². The molecule has 0 aliphatic rings. The van der Waals surface area contributed by atoms with Crippen LogP contribution in [0.1, 0.15) is 13.3 Å². The van der Waals surface area contributed by atoms with Gasteiger partial charge >= 0.3 is 5.69 Å². The summed E-state index contributed by atoms with van der Waals surface area (Å²) in [6, 6.07) is 0. The highest BCUT2D eigenvalue weighted by atomic mass is 16.6. The second-order valence-electron chi connectivity index (χ2n) is 4.48. The van der Waals surface area contributed by atoms with Gasteiger partial charge in [-0.2, -0.15) is 0 Å². The molecule has 0 aliphatic heterocycles. The van der Waals surface area contributed by atoms with Crippen molar-refractivity contribution in [3.63, 3.8) is 0 Å². The predicted octanol–water partition coefficient (Wildman–Crippen LogP) is -0.666. The van der Waals surface area contributed by atoms with Crippen LogP contribution in [0.4, 0.5) is 17.3 Å². The molecular weight excluding hydrogens is 282 g/mol. The van der Waals surface area contributed by atoms with Crippen molar-refractivity contribution < 1.29 is 20.2 Å². The Bertz CT molecular complexity index is 472. The Morgan fingerprint density at radius 3 is 2.29 bits per heavy atom. The van der Waals surface area contributed by atoms with Crippen LogP contribution in [-0.2, 0) is 0 Å². The third-order valence-electron chi connectivity index (χ3n) is 2.84. The van der Waals surface area contributed by atoms with Crippen molar-refractivity contribution in [1.29, 1.82) is 0 Å². The molecule has 0 radical (unpaired) electrons. The molecule has 1 aromatic heterocycles. The monoisotopic (exact) mass is 301 g/mol. The maximum absolute atomic E-state index is 11.2. The summed E-state index contributed by atoms with van der Waals surface area (Å²) in [5, 5.41) is 44.3. The van der Waals surface area contributed by atoms with E-state index in [0.29, 0.717) is 6.54 Å². The number of aliphatic hydroxyl groups is 3. The van der Waals surface area contributed by atoms with E-state index in [0.717, 1.165) is 12.7 Å². The summed E-state index contributed by atoms with van der Waals surface area (Å²) in [6.07, 6.45) is 1.86. The molecule has 0 saturated carbocycles. The second-order valence-corrected chi connectivity index (χ2v) is 4.48. The van der Waals surface area contributed by atoms with E-state index < -0.39 is 36.0 Å². The smallest absolute Gasteiger partial charge is 0.353 e. The Hall–Kier alpha value is -2.04. The molecule has 5 N–H and O–H groups in total. The lowest BCUT2D eigenvalue weighted by Crippen LogP contribution is -2.49. The molecule has 0 aromatic carbocycles. The van der Waals surface area contributed by atoms with Crippen LogP contribution in [-0.4, -0.2) is 62.1 Å². The Kier molecular flexibility index (Phi) is 6.21. The normalized spacial score (nSPS) is 11.2. The number of hydrogen-bond donors (Lipinski definition) is 5. The molecule has 1 rings (SSSR count). The van der Waals surface area contributed by atoms with Gasteiger partial charge in [-0.1, -0.05) is 6.92 Å². The van der Waals surface area contributed by atoms with Gasteiger partial charge in [0.2, 0.25) is 11.6 Å². The third-order valence-corrected chi connectivity index (χ3v) is 2.84. The van der Waals surface area contributed by atoms with Crippen molar-refractivity contribution in [1.82, 2.24) is 9.97 Å². The number of rotatable bonds is 9. The first-order valence-corrected chi connectivity index (χ1v) is 6.37. The van der Waals surface area contributed by atoms with Crippen LogP contribution in [0.2, 0.25) is 0 Å². The van der Waals surface area contributed by atoms with E-state index in [2.05, 4.69) is 20.6 Å². The largest absolute Gasteiger partial charge is 0.394 e. The first-order chi connectivity index (χ1) is 10.0.